The molecule has 214 valence electrons. The van der Waals surface area contributed by atoms with Gasteiger partial charge in [-0.25, -0.2) is 19.0 Å². The lowest BCUT2D eigenvalue weighted by Crippen LogP contribution is -2.45. The molecule has 1 saturated carbocycles. The lowest BCUT2D eigenvalue weighted by Gasteiger charge is -2.46. The van der Waals surface area contributed by atoms with Crippen LogP contribution in [0.25, 0.3) is 22.3 Å². The first-order valence-electron chi connectivity index (χ1n) is 14.4. The molecule has 4 heterocycles. The van der Waals surface area contributed by atoms with Gasteiger partial charge in [0.1, 0.15) is 18.0 Å². The lowest BCUT2D eigenvalue weighted by atomic mass is 9.65. The normalized spacial score (nSPS) is 24.9. The van der Waals surface area contributed by atoms with Gasteiger partial charge in [0.2, 0.25) is 0 Å². The van der Waals surface area contributed by atoms with E-state index < -0.39 is 23.3 Å². The highest BCUT2D eigenvalue weighted by atomic mass is 19.1. The second-order valence-electron chi connectivity index (χ2n) is 11.9. The van der Waals surface area contributed by atoms with Gasteiger partial charge in [-0.1, -0.05) is 26.2 Å². The molecule has 10 heteroatoms. The molecule has 0 saturated heterocycles. The van der Waals surface area contributed by atoms with E-state index in [0.717, 1.165) is 54.2 Å². The zero-order valence-corrected chi connectivity index (χ0v) is 23.1. The Morgan fingerprint density at radius 1 is 1.22 bits per heavy atom. The van der Waals surface area contributed by atoms with Gasteiger partial charge >= 0.3 is 12.1 Å². The van der Waals surface area contributed by atoms with E-state index in [1.54, 1.807) is 24.5 Å². The quantitative estimate of drug-likeness (QED) is 0.355. The number of nitrogens with two attached hydrogens (primary N) is 1. The van der Waals surface area contributed by atoms with Gasteiger partial charge in [0.15, 0.2) is 5.60 Å². The van der Waals surface area contributed by atoms with Crippen LogP contribution in [0.15, 0.2) is 16.9 Å². The van der Waals surface area contributed by atoms with Crippen LogP contribution in [0.3, 0.4) is 0 Å². The number of fused-ring (bicyclic) bond motifs is 5. The summed E-state index contributed by atoms with van der Waals surface area (Å²) in [5.74, 6) is -1.18. The first-order chi connectivity index (χ1) is 19.6. The summed E-state index contributed by atoms with van der Waals surface area (Å²) in [4.78, 5) is 43.9. The third-order valence-electron chi connectivity index (χ3n) is 10.0. The molecule has 3 aromatic rings. The molecule has 0 radical (unpaired) electrons. The summed E-state index contributed by atoms with van der Waals surface area (Å²) in [7, 11) is 0. The Bertz CT molecular complexity index is 1740. The number of hydrogen-bond donors (Lipinski definition) is 2. The minimum atomic E-state index is -1.96. The van der Waals surface area contributed by atoms with Crippen molar-refractivity contribution in [3.63, 3.8) is 0 Å². The molecular formula is C31H32FN3O6. The van der Waals surface area contributed by atoms with Crippen LogP contribution < -0.4 is 11.3 Å². The van der Waals surface area contributed by atoms with Gasteiger partial charge in [-0.3, -0.25) is 4.79 Å². The van der Waals surface area contributed by atoms with E-state index in [1.807, 2.05) is 0 Å². The second kappa shape index (κ2) is 8.85. The predicted molar refractivity (Wildman–Crippen MR) is 146 cm³/mol. The highest BCUT2D eigenvalue weighted by molar-refractivity contribution is 5.94. The summed E-state index contributed by atoms with van der Waals surface area (Å²) in [5, 5.41) is 12.0. The van der Waals surface area contributed by atoms with Crippen LogP contribution in [0.2, 0.25) is 0 Å². The van der Waals surface area contributed by atoms with Crippen molar-refractivity contribution in [1.29, 1.82) is 0 Å². The smallest absolute Gasteiger partial charge is 0.405 e. The number of aryl methyl sites for hydroxylation is 1. The second-order valence-corrected chi connectivity index (χ2v) is 11.9. The fourth-order valence-electron chi connectivity index (χ4n) is 7.95. The van der Waals surface area contributed by atoms with Crippen LogP contribution in [0.5, 0.6) is 0 Å². The number of rotatable bonds is 3. The summed E-state index contributed by atoms with van der Waals surface area (Å²) in [6.45, 7) is 3.32. The Kier molecular flexibility index (Phi) is 5.64. The van der Waals surface area contributed by atoms with Crippen LogP contribution in [-0.2, 0) is 45.0 Å². The average molecular weight is 562 g/mol. The number of ether oxygens (including phenoxy) is 2. The SMILES string of the molecule is CC[C@@]1(O)C(=O)OCc2c1cc1n(c2=O)Cc2c-1nc1cc(F)c(C)c3c1c2[C@](OC(N)=O)(C1CCCCC1)CC3. The number of aliphatic hydroxyl groups is 1. The van der Waals surface area contributed by atoms with Crippen LogP contribution in [0.1, 0.15) is 85.3 Å². The number of pyridine rings is 2. The Morgan fingerprint density at radius 3 is 2.68 bits per heavy atom. The van der Waals surface area contributed by atoms with Gasteiger partial charge in [0.25, 0.3) is 5.56 Å². The van der Waals surface area contributed by atoms with Crippen molar-refractivity contribution in [2.75, 3.05) is 0 Å². The van der Waals surface area contributed by atoms with E-state index in [-0.39, 0.29) is 48.0 Å². The fraction of sp³-hybridized carbons (Fsp3) is 0.484. The van der Waals surface area contributed by atoms with Gasteiger partial charge < -0.3 is 24.9 Å². The highest BCUT2D eigenvalue weighted by Crippen LogP contribution is 2.54. The van der Waals surface area contributed by atoms with Crippen molar-refractivity contribution in [2.45, 2.75) is 89.6 Å². The van der Waals surface area contributed by atoms with E-state index >= 15 is 4.39 Å². The van der Waals surface area contributed by atoms with E-state index in [2.05, 4.69) is 0 Å². The van der Waals surface area contributed by atoms with E-state index in [0.29, 0.717) is 35.3 Å². The first-order valence-corrected chi connectivity index (χ1v) is 14.4. The number of aromatic nitrogens is 2. The van der Waals surface area contributed by atoms with Crippen molar-refractivity contribution >= 4 is 23.0 Å². The monoisotopic (exact) mass is 561 g/mol. The fourth-order valence-corrected chi connectivity index (χ4v) is 7.95. The van der Waals surface area contributed by atoms with Crippen molar-refractivity contribution in [3.8, 4) is 11.4 Å². The number of nitrogens with zero attached hydrogens (tertiary/aromatic N) is 2. The molecule has 0 bridgehead atoms. The summed E-state index contributed by atoms with van der Waals surface area (Å²) in [6, 6.07) is 3.04. The number of hydrogen-bond acceptors (Lipinski definition) is 7. The van der Waals surface area contributed by atoms with Crippen LogP contribution in [0.4, 0.5) is 9.18 Å². The number of amides is 1. The van der Waals surface area contributed by atoms with E-state index in [9.17, 15) is 19.5 Å². The minimum absolute atomic E-state index is 0.00167. The number of halogens is 1. The zero-order valence-electron chi connectivity index (χ0n) is 23.1. The maximum atomic E-state index is 15.3. The molecule has 4 aliphatic rings. The molecule has 1 aromatic carbocycles. The average Bonchev–Trinajstić information content (AvgIpc) is 3.33. The molecular weight excluding hydrogens is 529 g/mol. The van der Waals surface area contributed by atoms with Crippen LogP contribution in [0, 0.1) is 18.7 Å². The van der Waals surface area contributed by atoms with Gasteiger partial charge in [-0.15, -0.1) is 0 Å². The predicted octanol–water partition coefficient (Wildman–Crippen LogP) is 4.34. The molecule has 3 N–H and O–H groups in total. The van der Waals surface area contributed by atoms with E-state index in [1.165, 1.54) is 6.07 Å². The van der Waals surface area contributed by atoms with Gasteiger partial charge in [-0.05, 0) is 56.2 Å². The third-order valence-corrected chi connectivity index (χ3v) is 10.0. The number of cyclic esters (lactones) is 1. The summed E-state index contributed by atoms with van der Waals surface area (Å²) < 4.78 is 28.2. The summed E-state index contributed by atoms with van der Waals surface area (Å²) in [6.07, 6.45) is 4.90. The standard InChI is InChI=1S/C31H32FN3O6/c1-3-30(39)20-11-23-26-18(13-35(23)27(36)19(20)14-40-28(30)37)25-24-17(15(2)21(32)12-22(24)34-26)9-10-31(25,41-29(33)38)16-7-5-4-6-8-16/h11-12,16,39H,3-10,13-14H2,1-2H3,(H2,33,38)/t30-,31+/m0/s1. The number of primary amides is 1. The van der Waals surface area contributed by atoms with Crippen molar-refractivity contribution in [2.24, 2.45) is 11.7 Å². The number of carbonyl (C=O) groups excluding carboxylic acids is 2. The molecule has 9 nitrogen and oxygen atoms in total. The Morgan fingerprint density at radius 2 is 1.98 bits per heavy atom. The molecule has 2 aliphatic heterocycles. The van der Waals surface area contributed by atoms with Crippen LogP contribution >= 0.6 is 0 Å². The largest absolute Gasteiger partial charge is 0.458 e. The Balaban J connectivity index is 1.57. The summed E-state index contributed by atoms with van der Waals surface area (Å²) in [5.41, 5.74) is 6.90. The van der Waals surface area contributed by atoms with Gasteiger partial charge in [0.05, 0.1) is 29.0 Å². The molecule has 1 amide bonds. The van der Waals surface area contributed by atoms with Crippen molar-refractivity contribution < 1.29 is 28.6 Å². The van der Waals surface area contributed by atoms with Gasteiger partial charge in [-0.2, -0.15) is 0 Å². The van der Waals surface area contributed by atoms with Crippen LogP contribution in [-0.4, -0.2) is 26.7 Å². The third kappa shape index (κ3) is 3.43. The lowest BCUT2D eigenvalue weighted by molar-refractivity contribution is -0.172. The highest BCUT2D eigenvalue weighted by Gasteiger charge is 2.51. The molecule has 2 aliphatic carbocycles. The molecule has 2 atom stereocenters. The minimum Gasteiger partial charge on any atom is -0.458 e. The molecule has 7 rings (SSSR count). The molecule has 0 spiro atoms. The topological polar surface area (TPSA) is 134 Å². The maximum Gasteiger partial charge on any atom is 0.405 e. The zero-order chi connectivity index (χ0) is 28.8. The molecule has 1 fully saturated rings. The number of carbonyl (C=O) groups is 2. The summed E-state index contributed by atoms with van der Waals surface area (Å²) >= 11 is 0. The molecule has 0 unspecified atom stereocenters. The first kappa shape index (κ1) is 26.1. The number of benzene rings is 1. The Hall–Kier alpha value is -3.79. The van der Waals surface area contributed by atoms with Gasteiger partial charge in [0, 0.05) is 34.1 Å². The van der Waals surface area contributed by atoms with Crippen molar-refractivity contribution in [3.05, 3.63) is 61.7 Å². The molecule has 41 heavy (non-hydrogen) atoms. The molecule has 2 aromatic heterocycles. The van der Waals surface area contributed by atoms with Crippen molar-refractivity contribution in [1.82, 2.24) is 9.55 Å². The Labute approximate surface area is 235 Å². The maximum absolute atomic E-state index is 15.3. The van der Waals surface area contributed by atoms with E-state index in [4.69, 9.17) is 20.2 Å². The number of esters is 1.